The molecule has 0 saturated carbocycles. The largest absolute Gasteiger partial charge is 0.369 e. The molecule has 112 valence electrons. The number of nitrogens with zero attached hydrogens (tertiary/aromatic N) is 3. The summed E-state index contributed by atoms with van der Waals surface area (Å²) in [5.74, 6) is 0.222. The topological polar surface area (TPSA) is 83.0 Å². The Labute approximate surface area is 129 Å². The van der Waals surface area contributed by atoms with Crippen LogP contribution in [0.5, 0.6) is 0 Å². The van der Waals surface area contributed by atoms with Crippen LogP contribution in [-0.2, 0) is 4.79 Å². The Morgan fingerprint density at radius 3 is 2.95 bits per heavy atom. The number of benzene rings is 1. The summed E-state index contributed by atoms with van der Waals surface area (Å²) < 4.78 is 0. The van der Waals surface area contributed by atoms with Crippen LogP contribution in [0.2, 0.25) is 0 Å². The molecule has 1 amide bonds. The third kappa shape index (κ3) is 2.37. The number of aromatic nitrogens is 1. The molecule has 0 spiro atoms. The van der Waals surface area contributed by atoms with Crippen LogP contribution in [0.25, 0.3) is 10.9 Å². The SMILES string of the molecule is Cc1c(C#N)c(N2CCCC(C(N)=O)C2)nc2ccccc12. The molecule has 2 N–H and O–H groups in total. The minimum atomic E-state index is -0.277. The van der Waals surface area contributed by atoms with Gasteiger partial charge in [0.25, 0.3) is 0 Å². The maximum Gasteiger partial charge on any atom is 0.222 e. The quantitative estimate of drug-likeness (QED) is 0.919. The standard InChI is InChI=1S/C17H18N4O/c1-11-13-6-2-3-7-15(13)20-17(14(11)9-18)21-8-4-5-12(10-21)16(19)22/h2-3,6-7,12H,4-5,8,10H2,1H3,(H2,19,22). The number of pyridine rings is 1. The van der Waals surface area contributed by atoms with Gasteiger partial charge in [0.2, 0.25) is 5.91 Å². The third-order valence-electron chi connectivity index (χ3n) is 4.37. The first kappa shape index (κ1) is 14.3. The van der Waals surface area contributed by atoms with Crippen LogP contribution in [-0.4, -0.2) is 24.0 Å². The second-order valence-corrected chi connectivity index (χ2v) is 5.75. The van der Waals surface area contributed by atoms with Crippen molar-refractivity contribution in [3.05, 3.63) is 35.4 Å². The fraction of sp³-hybridized carbons (Fsp3) is 0.353. The monoisotopic (exact) mass is 294 g/mol. The molecule has 2 heterocycles. The average molecular weight is 294 g/mol. The van der Waals surface area contributed by atoms with Crippen molar-refractivity contribution in [2.45, 2.75) is 19.8 Å². The summed E-state index contributed by atoms with van der Waals surface area (Å²) in [7, 11) is 0. The molecule has 1 saturated heterocycles. The number of aryl methyl sites for hydroxylation is 1. The zero-order chi connectivity index (χ0) is 15.7. The van der Waals surface area contributed by atoms with Gasteiger partial charge < -0.3 is 10.6 Å². The lowest BCUT2D eigenvalue weighted by molar-refractivity contribution is -0.122. The number of rotatable bonds is 2. The molecule has 5 nitrogen and oxygen atoms in total. The summed E-state index contributed by atoms with van der Waals surface area (Å²) in [5, 5.41) is 10.5. The Morgan fingerprint density at radius 1 is 1.45 bits per heavy atom. The van der Waals surface area contributed by atoms with E-state index in [1.165, 1.54) is 0 Å². The first-order valence-corrected chi connectivity index (χ1v) is 7.45. The molecule has 1 atom stereocenters. The van der Waals surface area contributed by atoms with Crippen LogP contribution in [0.4, 0.5) is 5.82 Å². The van der Waals surface area contributed by atoms with E-state index in [2.05, 4.69) is 11.1 Å². The van der Waals surface area contributed by atoms with Crippen molar-refractivity contribution in [3.63, 3.8) is 0 Å². The zero-order valence-electron chi connectivity index (χ0n) is 12.5. The molecular weight excluding hydrogens is 276 g/mol. The Morgan fingerprint density at radius 2 is 2.23 bits per heavy atom. The molecule has 1 aliphatic heterocycles. The lowest BCUT2D eigenvalue weighted by Gasteiger charge is -2.33. The third-order valence-corrected chi connectivity index (χ3v) is 4.37. The molecule has 1 fully saturated rings. The lowest BCUT2D eigenvalue weighted by Crippen LogP contribution is -2.41. The molecule has 1 unspecified atom stereocenters. The Hall–Kier alpha value is -2.61. The van der Waals surface area contributed by atoms with Gasteiger partial charge >= 0.3 is 0 Å². The number of carbonyl (C=O) groups excluding carboxylic acids is 1. The van der Waals surface area contributed by atoms with E-state index < -0.39 is 0 Å². The average Bonchev–Trinajstić information content (AvgIpc) is 2.55. The van der Waals surface area contributed by atoms with E-state index >= 15 is 0 Å². The maximum absolute atomic E-state index is 11.5. The lowest BCUT2D eigenvalue weighted by atomic mass is 9.96. The smallest absolute Gasteiger partial charge is 0.222 e. The Kier molecular flexibility index (Phi) is 3.68. The van der Waals surface area contributed by atoms with E-state index in [0.29, 0.717) is 17.9 Å². The predicted molar refractivity (Wildman–Crippen MR) is 85.3 cm³/mol. The minimum absolute atomic E-state index is 0.172. The number of carbonyl (C=O) groups is 1. The van der Waals surface area contributed by atoms with Crippen LogP contribution in [0.15, 0.2) is 24.3 Å². The first-order valence-electron chi connectivity index (χ1n) is 7.45. The van der Waals surface area contributed by atoms with E-state index in [9.17, 15) is 10.1 Å². The van der Waals surface area contributed by atoms with Crippen molar-refractivity contribution in [2.24, 2.45) is 11.7 Å². The highest BCUT2D eigenvalue weighted by atomic mass is 16.1. The second kappa shape index (κ2) is 5.64. The van der Waals surface area contributed by atoms with Gasteiger partial charge in [-0.2, -0.15) is 5.26 Å². The van der Waals surface area contributed by atoms with Crippen molar-refractivity contribution >= 4 is 22.6 Å². The fourth-order valence-electron chi connectivity index (χ4n) is 3.13. The van der Waals surface area contributed by atoms with E-state index in [-0.39, 0.29) is 11.8 Å². The summed E-state index contributed by atoms with van der Waals surface area (Å²) in [6.07, 6.45) is 1.69. The van der Waals surface area contributed by atoms with Crippen LogP contribution in [0.3, 0.4) is 0 Å². The molecular formula is C17H18N4O. The number of hydrogen-bond acceptors (Lipinski definition) is 4. The molecule has 0 radical (unpaired) electrons. The van der Waals surface area contributed by atoms with Gasteiger partial charge in [-0.3, -0.25) is 4.79 Å². The van der Waals surface area contributed by atoms with Crippen molar-refractivity contribution in [1.29, 1.82) is 5.26 Å². The van der Waals surface area contributed by atoms with Gasteiger partial charge in [0.15, 0.2) is 0 Å². The molecule has 3 rings (SSSR count). The first-order chi connectivity index (χ1) is 10.6. The molecule has 22 heavy (non-hydrogen) atoms. The number of para-hydroxylation sites is 1. The summed E-state index contributed by atoms with van der Waals surface area (Å²) >= 11 is 0. The summed E-state index contributed by atoms with van der Waals surface area (Å²) in [6.45, 7) is 3.28. The molecule has 5 heteroatoms. The zero-order valence-corrected chi connectivity index (χ0v) is 12.5. The highest BCUT2D eigenvalue weighted by Gasteiger charge is 2.27. The van der Waals surface area contributed by atoms with Crippen LogP contribution >= 0.6 is 0 Å². The van der Waals surface area contributed by atoms with Crippen molar-refractivity contribution in [3.8, 4) is 6.07 Å². The summed E-state index contributed by atoms with van der Waals surface area (Å²) in [5.41, 5.74) is 7.84. The normalized spacial score (nSPS) is 18.2. The number of nitriles is 1. The minimum Gasteiger partial charge on any atom is -0.369 e. The van der Waals surface area contributed by atoms with Crippen LogP contribution in [0.1, 0.15) is 24.0 Å². The molecule has 0 aliphatic carbocycles. The number of amides is 1. The predicted octanol–water partition coefficient (Wildman–Crippen LogP) is 2.12. The summed E-state index contributed by atoms with van der Waals surface area (Å²) in [4.78, 5) is 18.2. The van der Waals surface area contributed by atoms with E-state index in [4.69, 9.17) is 5.73 Å². The number of fused-ring (bicyclic) bond motifs is 1. The fourth-order valence-corrected chi connectivity index (χ4v) is 3.13. The van der Waals surface area contributed by atoms with Gasteiger partial charge in [-0.15, -0.1) is 0 Å². The van der Waals surface area contributed by atoms with Crippen molar-refractivity contribution in [2.75, 3.05) is 18.0 Å². The van der Waals surface area contributed by atoms with Gasteiger partial charge in [-0.1, -0.05) is 18.2 Å². The van der Waals surface area contributed by atoms with Crippen molar-refractivity contribution in [1.82, 2.24) is 4.98 Å². The molecule has 0 bridgehead atoms. The van der Waals surface area contributed by atoms with Crippen LogP contribution < -0.4 is 10.6 Å². The van der Waals surface area contributed by atoms with Gasteiger partial charge in [-0.25, -0.2) is 4.98 Å². The number of anilines is 1. The molecule has 1 aromatic carbocycles. The van der Waals surface area contributed by atoms with Gasteiger partial charge in [-0.05, 0) is 31.4 Å². The number of hydrogen-bond donors (Lipinski definition) is 1. The van der Waals surface area contributed by atoms with Crippen LogP contribution in [0, 0.1) is 24.2 Å². The Bertz CT molecular complexity index is 778. The molecule has 1 aromatic heterocycles. The van der Waals surface area contributed by atoms with E-state index in [1.807, 2.05) is 36.1 Å². The van der Waals surface area contributed by atoms with Crippen molar-refractivity contribution < 1.29 is 4.79 Å². The number of primary amides is 1. The molecule has 2 aromatic rings. The van der Waals surface area contributed by atoms with Gasteiger partial charge in [0.1, 0.15) is 11.9 Å². The van der Waals surface area contributed by atoms with E-state index in [1.54, 1.807) is 0 Å². The van der Waals surface area contributed by atoms with Gasteiger partial charge in [0, 0.05) is 18.5 Å². The van der Waals surface area contributed by atoms with E-state index in [0.717, 1.165) is 35.9 Å². The highest BCUT2D eigenvalue weighted by Crippen LogP contribution is 2.30. The number of piperidine rings is 1. The summed E-state index contributed by atoms with van der Waals surface area (Å²) in [6, 6.07) is 10.1. The molecule has 1 aliphatic rings. The Balaban J connectivity index is 2.10. The maximum atomic E-state index is 11.5. The number of nitrogens with two attached hydrogens (primary N) is 1. The highest BCUT2D eigenvalue weighted by molar-refractivity contribution is 5.87. The second-order valence-electron chi connectivity index (χ2n) is 5.75. The van der Waals surface area contributed by atoms with Gasteiger partial charge in [0.05, 0.1) is 17.0 Å².